The monoisotopic (exact) mass is 299 g/mol. The molecule has 3 rings (SSSR count). The highest BCUT2D eigenvalue weighted by Crippen LogP contribution is 2.21. The van der Waals surface area contributed by atoms with E-state index in [1.165, 1.54) is 0 Å². The summed E-state index contributed by atoms with van der Waals surface area (Å²) in [7, 11) is 0. The van der Waals surface area contributed by atoms with Gasteiger partial charge >= 0.3 is 0 Å². The molecule has 0 radical (unpaired) electrons. The zero-order chi connectivity index (χ0) is 12.5. The summed E-state index contributed by atoms with van der Waals surface area (Å²) >= 11 is 5.98. The first-order chi connectivity index (χ1) is 8.72. The fourth-order valence-electron chi connectivity index (χ4n) is 2.37. The molecule has 19 heavy (non-hydrogen) atoms. The van der Waals surface area contributed by atoms with Crippen molar-refractivity contribution in [3.05, 3.63) is 35.2 Å². The molecule has 1 N–H and O–H groups in total. The third kappa shape index (κ3) is 3.15. The minimum Gasteiger partial charge on any atom is -0.392 e. The number of β-amino-alcohol motifs (C(OH)–C–C–N with tert-alkyl or cyclic N) is 1. The SMILES string of the molecule is Cl.OC1CCN(Cc2cnc3c(Cl)nccc3c2)C1. The topological polar surface area (TPSA) is 49.2 Å². The highest BCUT2D eigenvalue weighted by molar-refractivity contribution is 6.33. The van der Waals surface area contributed by atoms with Crippen molar-refractivity contribution in [3.8, 4) is 0 Å². The van der Waals surface area contributed by atoms with Crippen molar-refractivity contribution in [3.63, 3.8) is 0 Å². The van der Waals surface area contributed by atoms with Gasteiger partial charge in [0.1, 0.15) is 5.52 Å². The van der Waals surface area contributed by atoms with E-state index in [9.17, 15) is 5.11 Å². The van der Waals surface area contributed by atoms with Gasteiger partial charge in [-0.15, -0.1) is 12.4 Å². The van der Waals surface area contributed by atoms with Crippen LogP contribution in [0.5, 0.6) is 0 Å². The molecule has 0 amide bonds. The van der Waals surface area contributed by atoms with Crippen LogP contribution in [0.2, 0.25) is 5.15 Å². The van der Waals surface area contributed by atoms with Gasteiger partial charge in [-0.3, -0.25) is 9.88 Å². The molecule has 4 nitrogen and oxygen atoms in total. The zero-order valence-electron chi connectivity index (χ0n) is 10.3. The normalized spacial score (nSPS) is 19.6. The van der Waals surface area contributed by atoms with Crippen molar-refractivity contribution in [2.75, 3.05) is 13.1 Å². The number of pyridine rings is 2. The van der Waals surface area contributed by atoms with E-state index in [0.29, 0.717) is 5.15 Å². The lowest BCUT2D eigenvalue weighted by molar-refractivity contribution is 0.175. The Morgan fingerprint density at radius 2 is 2.26 bits per heavy atom. The van der Waals surface area contributed by atoms with Gasteiger partial charge in [0.25, 0.3) is 0 Å². The third-order valence-corrected chi connectivity index (χ3v) is 3.54. The van der Waals surface area contributed by atoms with Gasteiger partial charge in [-0.2, -0.15) is 0 Å². The molecular formula is C13H15Cl2N3O. The number of nitrogens with zero attached hydrogens (tertiary/aromatic N) is 3. The zero-order valence-corrected chi connectivity index (χ0v) is 11.9. The quantitative estimate of drug-likeness (QED) is 0.864. The molecule has 6 heteroatoms. The Hall–Kier alpha value is -0.940. The number of fused-ring (bicyclic) bond motifs is 1. The summed E-state index contributed by atoms with van der Waals surface area (Å²) in [4.78, 5) is 10.6. The maximum Gasteiger partial charge on any atom is 0.155 e. The molecule has 1 aliphatic heterocycles. The van der Waals surface area contributed by atoms with Crippen LogP contribution in [0, 0.1) is 0 Å². The van der Waals surface area contributed by atoms with Crippen molar-refractivity contribution in [1.29, 1.82) is 0 Å². The van der Waals surface area contributed by atoms with Crippen molar-refractivity contribution in [2.24, 2.45) is 0 Å². The molecule has 1 atom stereocenters. The number of aliphatic hydroxyl groups excluding tert-OH is 1. The fourth-order valence-corrected chi connectivity index (χ4v) is 2.59. The number of likely N-dealkylation sites (tertiary alicyclic amines) is 1. The number of aliphatic hydroxyl groups is 1. The van der Waals surface area contributed by atoms with Gasteiger partial charge in [-0.05, 0) is 24.1 Å². The molecule has 0 bridgehead atoms. The number of hydrogen-bond acceptors (Lipinski definition) is 4. The second kappa shape index (κ2) is 6.01. The van der Waals surface area contributed by atoms with Crippen molar-refractivity contribution >= 4 is 34.9 Å². The first-order valence-corrected chi connectivity index (χ1v) is 6.40. The molecule has 1 saturated heterocycles. The average Bonchev–Trinajstić information content (AvgIpc) is 2.75. The summed E-state index contributed by atoms with van der Waals surface area (Å²) in [6.07, 6.45) is 4.20. The Labute approximate surface area is 122 Å². The minimum absolute atomic E-state index is 0. The Kier molecular flexibility index (Phi) is 4.58. The Balaban J connectivity index is 0.00000133. The van der Waals surface area contributed by atoms with Crippen LogP contribution in [0.25, 0.3) is 10.9 Å². The fraction of sp³-hybridized carbons (Fsp3) is 0.385. The standard InChI is InChI=1S/C13H14ClN3O.ClH/c14-13-12-10(1-3-15-13)5-9(6-16-12)7-17-4-2-11(18)8-17;/h1,3,5-6,11,18H,2,4,7-8H2;1H. The molecular weight excluding hydrogens is 285 g/mol. The van der Waals surface area contributed by atoms with Gasteiger partial charge in [0.05, 0.1) is 6.10 Å². The summed E-state index contributed by atoms with van der Waals surface area (Å²) in [6, 6.07) is 4.00. The minimum atomic E-state index is -0.183. The molecule has 1 aliphatic rings. The van der Waals surface area contributed by atoms with E-state index < -0.39 is 0 Å². The van der Waals surface area contributed by atoms with Gasteiger partial charge in [0.2, 0.25) is 0 Å². The van der Waals surface area contributed by atoms with Gasteiger partial charge in [0.15, 0.2) is 5.15 Å². The van der Waals surface area contributed by atoms with E-state index in [1.807, 2.05) is 12.3 Å². The van der Waals surface area contributed by atoms with E-state index in [0.717, 1.165) is 42.5 Å². The summed E-state index contributed by atoms with van der Waals surface area (Å²) in [5, 5.41) is 10.9. The largest absolute Gasteiger partial charge is 0.392 e. The molecule has 0 saturated carbocycles. The van der Waals surface area contributed by atoms with E-state index in [4.69, 9.17) is 11.6 Å². The lowest BCUT2D eigenvalue weighted by Gasteiger charge is -2.14. The molecule has 0 aliphatic carbocycles. The number of halogens is 2. The second-order valence-corrected chi connectivity index (χ2v) is 5.05. The first-order valence-electron chi connectivity index (χ1n) is 6.02. The number of rotatable bonds is 2. The van der Waals surface area contributed by atoms with Gasteiger partial charge in [-0.1, -0.05) is 11.6 Å². The number of hydrogen-bond donors (Lipinski definition) is 1. The van der Waals surface area contributed by atoms with E-state index in [1.54, 1.807) is 6.20 Å². The molecule has 0 spiro atoms. The highest BCUT2D eigenvalue weighted by Gasteiger charge is 2.20. The first kappa shape index (κ1) is 14.5. The van der Waals surface area contributed by atoms with Crippen LogP contribution >= 0.6 is 24.0 Å². The van der Waals surface area contributed by atoms with Crippen molar-refractivity contribution in [2.45, 2.75) is 19.1 Å². The number of aromatic nitrogens is 2. The smallest absolute Gasteiger partial charge is 0.155 e. The van der Waals surface area contributed by atoms with Crippen LogP contribution in [0.4, 0.5) is 0 Å². The Morgan fingerprint density at radius 1 is 1.42 bits per heavy atom. The summed E-state index contributed by atoms with van der Waals surface area (Å²) in [5.41, 5.74) is 1.88. The molecule has 2 aromatic heterocycles. The molecule has 1 unspecified atom stereocenters. The van der Waals surface area contributed by atoms with E-state index >= 15 is 0 Å². The van der Waals surface area contributed by atoms with Crippen LogP contribution in [0.15, 0.2) is 24.5 Å². The van der Waals surface area contributed by atoms with Crippen LogP contribution in [0.3, 0.4) is 0 Å². The maximum atomic E-state index is 9.50. The molecule has 2 aromatic rings. The van der Waals surface area contributed by atoms with E-state index in [2.05, 4.69) is 20.9 Å². The van der Waals surface area contributed by atoms with Crippen molar-refractivity contribution < 1.29 is 5.11 Å². The van der Waals surface area contributed by atoms with Crippen LogP contribution in [-0.2, 0) is 6.54 Å². The van der Waals surface area contributed by atoms with Crippen LogP contribution in [-0.4, -0.2) is 39.2 Å². The lowest BCUT2D eigenvalue weighted by Crippen LogP contribution is -2.21. The maximum absolute atomic E-state index is 9.50. The van der Waals surface area contributed by atoms with Crippen LogP contribution < -0.4 is 0 Å². The van der Waals surface area contributed by atoms with Gasteiger partial charge in [0, 0.05) is 37.4 Å². The average molecular weight is 300 g/mol. The Bertz CT molecular complexity index is 579. The molecule has 0 aromatic carbocycles. The lowest BCUT2D eigenvalue weighted by atomic mass is 10.2. The summed E-state index contributed by atoms with van der Waals surface area (Å²) < 4.78 is 0. The molecule has 102 valence electrons. The molecule has 3 heterocycles. The third-order valence-electron chi connectivity index (χ3n) is 3.26. The van der Waals surface area contributed by atoms with Crippen molar-refractivity contribution in [1.82, 2.24) is 14.9 Å². The summed E-state index contributed by atoms with van der Waals surface area (Å²) in [5.74, 6) is 0. The van der Waals surface area contributed by atoms with Crippen LogP contribution in [0.1, 0.15) is 12.0 Å². The van der Waals surface area contributed by atoms with Gasteiger partial charge in [-0.25, -0.2) is 4.98 Å². The summed E-state index contributed by atoms with van der Waals surface area (Å²) in [6.45, 7) is 2.51. The second-order valence-electron chi connectivity index (χ2n) is 4.69. The van der Waals surface area contributed by atoms with E-state index in [-0.39, 0.29) is 18.5 Å². The predicted octanol–water partition coefficient (Wildman–Crippen LogP) is 2.27. The Morgan fingerprint density at radius 3 is 3.00 bits per heavy atom. The molecule has 1 fully saturated rings. The highest BCUT2D eigenvalue weighted by atomic mass is 35.5. The predicted molar refractivity (Wildman–Crippen MR) is 77.7 cm³/mol. The van der Waals surface area contributed by atoms with Gasteiger partial charge < -0.3 is 5.11 Å².